The van der Waals surface area contributed by atoms with E-state index in [4.69, 9.17) is 5.73 Å². The Hall–Kier alpha value is -2.88. The summed E-state index contributed by atoms with van der Waals surface area (Å²) in [5.74, 6) is 1.11. The van der Waals surface area contributed by atoms with Crippen LogP contribution in [-0.2, 0) is 6.54 Å². The maximum atomic E-state index is 13.1. The molecule has 31 heavy (non-hydrogen) atoms. The van der Waals surface area contributed by atoms with Crippen LogP contribution in [0.1, 0.15) is 5.56 Å². The molecule has 6 nitrogen and oxygen atoms in total. The zero-order valence-electron chi connectivity index (χ0n) is 17.1. The SMILES string of the molecule is I.NC(=NCc1ccnc(N2CCN(c3ccc(F)cc3)CC2)c1)Nc1ccccc1. The summed E-state index contributed by atoms with van der Waals surface area (Å²) in [5.41, 5.74) is 9.01. The number of aromatic nitrogens is 1. The van der Waals surface area contributed by atoms with Gasteiger partial charge in [0, 0.05) is 43.8 Å². The molecule has 0 amide bonds. The molecule has 3 N–H and O–H groups in total. The number of hydrogen-bond donors (Lipinski definition) is 2. The fourth-order valence-electron chi connectivity index (χ4n) is 3.46. The second-order valence-corrected chi connectivity index (χ2v) is 7.17. The van der Waals surface area contributed by atoms with Crippen LogP contribution in [0.4, 0.5) is 21.6 Å². The highest BCUT2D eigenvalue weighted by Gasteiger charge is 2.18. The van der Waals surface area contributed by atoms with Gasteiger partial charge < -0.3 is 20.9 Å². The van der Waals surface area contributed by atoms with Crippen molar-refractivity contribution >= 4 is 47.1 Å². The molecule has 4 rings (SSSR count). The molecule has 2 aromatic carbocycles. The Bertz CT molecular complexity index is 988. The fourth-order valence-corrected chi connectivity index (χ4v) is 3.46. The van der Waals surface area contributed by atoms with Gasteiger partial charge in [0.15, 0.2) is 5.96 Å². The summed E-state index contributed by atoms with van der Waals surface area (Å²) >= 11 is 0. The quantitative estimate of drug-likeness (QED) is 0.295. The number of nitrogens with two attached hydrogens (primary N) is 1. The first-order valence-corrected chi connectivity index (χ1v) is 10.00. The van der Waals surface area contributed by atoms with Gasteiger partial charge >= 0.3 is 0 Å². The average molecular weight is 532 g/mol. The number of aliphatic imine (C=N–C) groups is 1. The third-order valence-corrected chi connectivity index (χ3v) is 5.08. The molecule has 1 saturated heterocycles. The van der Waals surface area contributed by atoms with Crippen LogP contribution in [0.2, 0.25) is 0 Å². The van der Waals surface area contributed by atoms with E-state index >= 15 is 0 Å². The van der Waals surface area contributed by atoms with Crippen LogP contribution in [-0.4, -0.2) is 37.1 Å². The maximum Gasteiger partial charge on any atom is 0.193 e. The highest BCUT2D eigenvalue weighted by Crippen LogP contribution is 2.20. The number of hydrogen-bond acceptors (Lipinski definition) is 4. The molecule has 162 valence electrons. The van der Waals surface area contributed by atoms with Crippen molar-refractivity contribution in [3.63, 3.8) is 0 Å². The van der Waals surface area contributed by atoms with Gasteiger partial charge in [0.05, 0.1) is 6.54 Å². The van der Waals surface area contributed by atoms with Crippen LogP contribution in [0.5, 0.6) is 0 Å². The molecule has 0 bridgehead atoms. The smallest absolute Gasteiger partial charge is 0.193 e. The lowest BCUT2D eigenvalue weighted by molar-refractivity contribution is 0.624. The van der Waals surface area contributed by atoms with Gasteiger partial charge in [-0.05, 0) is 54.1 Å². The van der Waals surface area contributed by atoms with E-state index in [0.29, 0.717) is 12.5 Å². The number of benzene rings is 2. The molecule has 3 aromatic rings. The Labute approximate surface area is 199 Å². The Morgan fingerprint density at radius 3 is 2.35 bits per heavy atom. The topological polar surface area (TPSA) is 69.8 Å². The number of piperazine rings is 1. The molecule has 0 unspecified atom stereocenters. The summed E-state index contributed by atoms with van der Waals surface area (Å²) in [6.07, 6.45) is 1.81. The van der Waals surface area contributed by atoms with Crippen molar-refractivity contribution in [2.75, 3.05) is 41.3 Å². The second-order valence-electron chi connectivity index (χ2n) is 7.17. The number of nitrogens with one attached hydrogen (secondary N) is 1. The molecule has 1 aliphatic rings. The van der Waals surface area contributed by atoms with E-state index < -0.39 is 0 Å². The molecule has 2 heterocycles. The third kappa shape index (κ3) is 6.30. The molecule has 8 heteroatoms. The van der Waals surface area contributed by atoms with Crippen molar-refractivity contribution in [1.29, 1.82) is 0 Å². The van der Waals surface area contributed by atoms with Crippen LogP contribution in [0.25, 0.3) is 0 Å². The largest absolute Gasteiger partial charge is 0.370 e. The van der Waals surface area contributed by atoms with E-state index in [-0.39, 0.29) is 29.8 Å². The summed E-state index contributed by atoms with van der Waals surface area (Å²) in [6, 6.07) is 20.4. The van der Waals surface area contributed by atoms with E-state index in [1.165, 1.54) is 12.1 Å². The standard InChI is InChI=1S/C23H25FN6.HI/c24-19-6-8-21(9-7-19)29-12-14-30(15-13-29)22-16-18(10-11-26-22)17-27-23(25)28-20-4-2-1-3-5-20;/h1-11,16H,12-15,17H2,(H3,25,27,28);1H. The molecule has 0 atom stereocenters. The Kier molecular flexibility index (Phi) is 8.05. The van der Waals surface area contributed by atoms with Gasteiger partial charge in [-0.25, -0.2) is 14.4 Å². The first-order chi connectivity index (χ1) is 14.7. The number of rotatable bonds is 5. The molecule has 0 saturated carbocycles. The van der Waals surface area contributed by atoms with Gasteiger partial charge in [-0.15, -0.1) is 24.0 Å². The zero-order valence-corrected chi connectivity index (χ0v) is 19.4. The predicted molar refractivity (Wildman–Crippen MR) is 136 cm³/mol. The van der Waals surface area contributed by atoms with Crippen LogP contribution >= 0.6 is 24.0 Å². The van der Waals surface area contributed by atoms with Crippen LogP contribution in [0.15, 0.2) is 77.9 Å². The van der Waals surface area contributed by atoms with Gasteiger partial charge in [-0.3, -0.25) is 0 Å². The summed E-state index contributed by atoms with van der Waals surface area (Å²) in [5, 5.41) is 3.09. The molecule has 1 aromatic heterocycles. The Morgan fingerprint density at radius 2 is 1.65 bits per heavy atom. The first-order valence-electron chi connectivity index (χ1n) is 10.00. The van der Waals surface area contributed by atoms with Gasteiger partial charge in [-0.2, -0.15) is 0 Å². The zero-order chi connectivity index (χ0) is 20.8. The first kappa shape index (κ1) is 22.8. The third-order valence-electron chi connectivity index (χ3n) is 5.08. The Balaban J connectivity index is 0.00000272. The van der Waals surface area contributed by atoms with Gasteiger partial charge in [0.25, 0.3) is 0 Å². The highest BCUT2D eigenvalue weighted by molar-refractivity contribution is 14.0. The average Bonchev–Trinajstić information content (AvgIpc) is 2.79. The summed E-state index contributed by atoms with van der Waals surface area (Å²) in [4.78, 5) is 13.5. The minimum atomic E-state index is -0.208. The predicted octanol–water partition coefficient (Wildman–Crippen LogP) is 4.09. The lowest BCUT2D eigenvalue weighted by Gasteiger charge is -2.36. The fraction of sp³-hybridized carbons (Fsp3) is 0.217. The lowest BCUT2D eigenvalue weighted by atomic mass is 10.2. The van der Waals surface area contributed by atoms with Crippen molar-refractivity contribution in [3.8, 4) is 0 Å². The molecular weight excluding hydrogens is 506 g/mol. The number of anilines is 3. The van der Waals surface area contributed by atoms with Crippen molar-refractivity contribution in [2.45, 2.75) is 6.54 Å². The minimum absolute atomic E-state index is 0. The van der Waals surface area contributed by atoms with Crippen molar-refractivity contribution in [3.05, 3.63) is 84.3 Å². The van der Waals surface area contributed by atoms with Crippen molar-refractivity contribution in [1.82, 2.24) is 4.98 Å². The molecule has 1 aliphatic heterocycles. The maximum absolute atomic E-state index is 13.1. The van der Waals surface area contributed by atoms with Crippen molar-refractivity contribution < 1.29 is 4.39 Å². The number of nitrogens with zero attached hydrogens (tertiary/aromatic N) is 4. The number of para-hydroxylation sites is 1. The van der Waals surface area contributed by atoms with E-state index in [2.05, 4.69) is 31.2 Å². The lowest BCUT2D eigenvalue weighted by Crippen LogP contribution is -2.46. The highest BCUT2D eigenvalue weighted by atomic mass is 127. The number of guanidine groups is 1. The second kappa shape index (κ2) is 10.9. The van der Waals surface area contributed by atoms with E-state index in [0.717, 1.165) is 48.9 Å². The van der Waals surface area contributed by atoms with E-state index in [9.17, 15) is 4.39 Å². The molecular formula is C23H26FIN6. The van der Waals surface area contributed by atoms with Gasteiger partial charge in [0.2, 0.25) is 0 Å². The van der Waals surface area contributed by atoms with Crippen LogP contribution in [0.3, 0.4) is 0 Å². The molecule has 0 spiro atoms. The summed E-state index contributed by atoms with van der Waals surface area (Å²) < 4.78 is 13.1. The Morgan fingerprint density at radius 1 is 0.968 bits per heavy atom. The van der Waals surface area contributed by atoms with Gasteiger partial charge in [-0.1, -0.05) is 18.2 Å². The molecule has 0 radical (unpaired) electrons. The molecule has 1 fully saturated rings. The van der Waals surface area contributed by atoms with Crippen molar-refractivity contribution in [2.24, 2.45) is 10.7 Å². The van der Waals surface area contributed by atoms with Crippen LogP contribution in [0, 0.1) is 5.82 Å². The van der Waals surface area contributed by atoms with E-state index in [1.807, 2.05) is 54.7 Å². The molecule has 0 aliphatic carbocycles. The number of pyridine rings is 1. The summed E-state index contributed by atoms with van der Waals surface area (Å²) in [7, 11) is 0. The normalized spacial score (nSPS) is 14.2. The number of halogens is 2. The summed E-state index contributed by atoms with van der Waals surface area (Å²) in [6.45, 7) is 3.92. The van der Waals surface area contributed by atoms with E-state index in [1.54, 1.807) is 0 Å². The van der Waals surface area contributed by atoms with Crippen LogP contribution < -0.4 is 20.9 Å². The van der Waals surface area contributed by atoms with Gasteiger partial charge in [0.1, 0.15) is 11.6 Å². The monoisotopic (exact) mass is 532 g/mol. The minimum Gasteiger partial charge on any atom is -0.370 e.